The van der Waals surface area contributed by atoms with E-state index in [0.29, 0.717) is 25.0 Å². The zero-order chi connectivity index (χ0) is 35.8. The zero-order valence-electron chi connectivity index (χ0n) is 27.7. The van der Waals surface area contributed by atoms with E-state index in [2.05, 4.69) is 21.3 Å². The van der Waals surface area contributed by atoms with E-state index in [1.165, 1.54) is 16.7 Å². The molecular formula is C32H49N7O8S. The number of nitrogens with two attached hydrogens (primary N) is 2. The van der Waals surface area contributed by atoms with Gasteiger partial charge in [0.1, 0.15) is 24.2 Å². The summed E-state index contributed by atoms with van der Waals surface area (Å²) >= 11 is 1.42. The molecule has 15 nitrogen and oxygen atoms in total. The molecule has 1 aromatic carbocycles. The highest BCUT2D eigenvalue weighted by molar-refractivity contribution is 7.98. The van der Waals surface area contributed by atoms with Crippen LogP contribution in [0.5, 0.6) is 0 Å². The molecular weight excluding hydrogens is 642 g/mol. The molecule has 0 saturated carbocycles. The van der Waals surface area contributed by atoms with Gasteiger partial charge in [0.05, 0.1) is 12.6 Å². The smallest absolute Gasteiger partial charge is 0.326 e. The predicted octanol–water partition coefficient (Wildman–Crippen LogP) is -0.733. The molecule has 0 spiro atoms. The minimum absolute atomic E-state index is 0.0230. The summed E-state index contributed by atoms with van der Waals surface area (Å²) in [5.41, 5.74) is 12.3. The number of nitrogens with one attached hydrogen (secondary N) is 4. The summed E-state index contributed by atoms with van der Waals surface area (Å²) in [5, 5.41) is 19.4. The first-order valence-corrected chi connectivity index (χ1v) is 17.4. The van der Waals surface area contributed by atoms with Crippen LogP contribution in [0.3, 0.4) is 0 Å². The van der Waals surface area contributed by atoms with Crippen molar-refractivity contribution in [1.82, 2.24) is 26.2 Å². The van der Waals surface area contributed by atoms with Gasteiger partial charge in [-0.15, -0.1) is 0 Å². The van der Waals surface area contributed by atoms with Crippen LogP contribution in [0.1, 0.15) is 57.9 Å². The zero-order valence-corrected chi connectivity index (χ0v) is 28.6. The van der Waals surface area contributed by atoms with Gasteiger partial charge in [0.25, 0.3) is 0 Å². The largest absolute Gasteiger partial charge is 0.480 e. The Balaban J connectivity index is 2.10. The maximum Gasteiger partial charge on any atom is 0.326 e. The Morgan fingerprint density at radius 3 is 2.25 bits per heavy atom. The summed E-state index contributed by atoms with van der Waals surface area (Å²) in [5.74, 6) is -4.53. The van der Waals surface area contributed by atoms with E-state index in [1.807, 2.05) is 44.2 Å². The van der Waals surface area contributed by atoms with Gasteiger partial charge in [0.2, 0.25) is 35.4 Å². The summed E-state index contributed by atoms with van der Waals surface area (Å²) in [6.45, 7) is 3.48. The molecule has 0 aromatic heterocycles. The van der Waals surface area contributed by atoms with E-state index in [0.717, 1.165) is 5.56 Å². The van der Waals surface area contributed by atoms with Crippen LogP contribution in [0.4, 0.5) is 0 Å². The maximum atomic E-state index is 13.8. The first-order chi connectivity index (χ1) is 22.7. The lowest BCUT2D eigenvalue weighted by molar-refractivity contribution is -0.142. The number of nitrogens with zero attached hydrogens (tertiary/aromatic N) is 1. The molecule has 2 rings (SSSR count). The minimum Gasteiger partial charge on any atom is -0.480 e. The second kappa shape index (κ2) is 20.2. The average Bonchev–Trinajstić information content (AvgIpc) is 3.53. The molecule has 16 heteroatoms. The van der Waals surface area contributed by atoms with Crippen molar-refractivity contribution in [2.75, 3.05) is 25.1 Å². The Kier molecular flexibility index (Phi) is 16.9. The Hall–Kier alpha value is -4.18. The average molecular weight is 692 g/mol. The molecule has 1 aliphatic rings. The molecule has 5 atom stereocenters. The summed E-state index contributed by atoms with van der Waals surface area (Å²) in [6, 6.07) is 4.04. The fourth-order valence-corrected chi connectivity index (χ4v) is 5.76. The maximum absolute atomic E-state index is 13.8. The van der Waals surface area contributed by atoms with Gasteiger partial charge in [0, 0.05) is 13.0 Å². The molecule has 0 aliphatic carbocycles. The number of hydrogen-bond donors (Lipinski definition) is 7. The number of hydrogen-bond acceptors (Lipinski definition) is 9. The predicted molar refractivity (Wildman–Crippen MR) is 180 cm³/mol. The third-order valence-electron chi connectivity index (χ3n) is 7.77. The standard InChI is InChI=1S/C32H49N7O8S/c1-19(2)16-24(38-28(42)21(33)17-20-8-5-4-6-9-20)31(45)39-14-7-10-25(39)30(44)37-22(11-12-26(34)40)29(43)35-18-27(41)36-23(32(46)47)13-15-48-3/h4-6,8-9,19,21-25H,7,10-18,33H2,1-3H3,(H2,34,40)(H,35,43)(H,36,41)(H,37,44)(H,38,42)(H,46,47)/t21-,22-,23-,24-,25-/m0/s1. The molecule has 1 saturated heterocycles. The van der Waals surface area contributed by atoms with Crippen LogP contribution < -0.4 is 32.7 Å². The molecule has 1 aromatic rings. The van der Waals surface area contributed by atoms with E-state index in [-0.39, 0.29) is 38.1 Å². The molecule has 266 valence electrons. The van der Waals surface area contributed by atoms with Crippen molar-refractivity contribution in [2.45, 2.75) is 89.0 Å². The molecule has 1 aliphatic heterocycles. The van der Waals surface area contributed by atoms with Crippen LogP contribution in [-0.2, 0) is 40.0 Å². The number of carboxylic acid groups (broad SMARTS) is 1. The second-order valence-electron chi connectivity index (χ2n) is 12.2. The van der Waals surface area contributed by atoms with Crippen LogP contribution in [0.25, 0.3) is 0 Å². The molecule has 1 fully saturated rings. The number of likely N-dealkylation sites (tertiary alicyclic amines) is 1. The van der Waals surface area contributed by atoms with Crippen LogP contribution >= 0.6 is 11.8 Å². The fraction of sp³-hybridized carbons (Fsp3) is 0.594. The number of rotatable bonds is 20. The molecule has 0 unspecified atom stereocenters. The van der Waals surface area contributed by atoms with Crippen LogP contribution in [0.2, 0.25) is 0 Å². The van der Waals surface area contributed by atoms with Gasteiger partial charge in [-0.3, -0.25) is 28.8 Å². The van der Waals surface area contributed by atoms with Crippen molar-refractivity contribution < 1.29 is 38.7 Å². The van der Waals surface area contributed by atoms with Crippen molar-refractivity contribution in [1.29, 1.82) is 0 Å². The number of carbonyl (C=O) groups is 7. The van der Waals surface area contributed by atoms with Gasteiger partial charge in [-0.1, -0.05) is 44.2 Å². The summed E-state index contributed by atoms with van der Waals surface area (Å²) in [6.07, 6.45) is 2.94. The van der Waals surface area contributed by atoms with Crippen LogP contribution in [0.15, 0.2) is 30.3 Å². The van der Waals surface area contributed by atoms with Gasteiger partial charge in [-0.05, 0) is 62.0 Å². The molecule has 1 heterocycles. The van der Waals surface area contributed by atoms with Gasteiger partial charge in [-0.25, -0.2) is 4.79 Å². The van der Waals surface area contributed by atoms with E-state index in [4.69, 9.17) is 11.5 Å². The van der Waals surface area contributed by atoms with Gasteiger partial charge in [-0.2, -0.15) is 11.8 Å². The van der Waals surface area contributed by atoms with Crippen LogP contribution in [0, 0.1) is 5.92 Å². The van der Waals surface area contributed by atoms with E-state index in [9.17, 15) is 38.7 Å². The number of carboxylic acids is 1. The number of aliphatic carboxylic acids is 1. The van der Waals surface area contributed by atoms with Crippen LogP contribution in [-0.4, -0.2) is 107 Å². The number of thioether (sulfide) groups is 1. The lowest BCUT2D eigenvalue weighted by Gasteiger charge is -2.31. The molecule has 0 bridgehead atoms. The van der Waals surface area contributed by atoms with Crippen molar-refractivity contribution >= 4 is 53.2 Å². The molecule has 0 radical (unpaired) electrons. The Morgan fingerprint density at radius 1 is 0.958 bits per heavy atom. The number of primary amides is 1. The third kappa shape index (κ3) is 13.5. The van der Waals surface area contributed by atoms with Crippen molar-refractivity contribution in [3.05, 3.63) is 35.9 Å². The molecule has 9 N–H and O–H groups in total. The molecule has 6 amide bonds. The van der Waals surface area contributed by atoms with Gasteiger partial charge >= 0.3 is 5.97 Å². The molecule has 48 heavy (non-hydrogen) atoms. The summed E-state index contributed by atoms with van der Waals surface area (Å²) in [4.78, 5) is 90.1. The highest BCUT2D eigenvalue weighted by atomic mass is 32.2. The first-order valence-electron chi connectivity index (χ1n) is 16.0. The fourth-order valence-electron chi connectivity index (χ4n) is 5.29. The Morgan fingerprint density at radius 2 is 1.65 bits per heavy atom. The minimum atomic E-state index is -1.27. The highest BCUT2D eigenvalue weighted by Gasteiger charge is 2.39. The van der Waals surface area contributed by atoms with E-state index < -0.39 is 78.2 Å². The summed E-state index contributed by atoms with van der Waals surface area (Å²) in [7, 11) is 0. The number of amides is 6. The van der Waals surface area contributed by atoms with Gasteiger partial charge < -0.3 is 42.7 Å². The third-order valence-corrected chi connectivity index (χ3v) is 8.42. The normalized spacial score (nSPS) is 16.7. The second-order valence-corrected chi connectivity index (χ2v) is 13.2. The number of carbonyl (C=O) groups excluding carboxylic acids is 6. The van der Waals surface area contributed by atoms with Crippen molar-refractivity contribution in [3.63, 3.8) is 0 Å². The number of benzene rings is 1. The topological polar surface area (TPSA) is 243 Å². The lowest BCUT2D eigenvalue weighted by Crippen LogP contribution is -2.58. The van der Waals surface area contributed by atoms with E-state index in [1.54, 1.807) is 6.26 Å². The Labute approximate surface area is 285 Å². The van der Waals surface area contributed by atoms with Gasteiger partial charge in [0.15, 0.2) is 0 Å². The SMILES string of the molecule is CSCC[C@H](NC(=O)CNC(=O)[C@H](CCC(N)=O)NC(=O)[C@@H]1CCCN1C(=O)[C@H](CC(C)C)NC(=O)[C@@H](N)Cc1ccccc1)C(=O)O. The van der Waals surface area contributed by atoms with Crippen molar-refractivity contribution in [3.8, 4) is 0 Å². The van der Waals surface area contributed by atoms with Crippen molar-refractivity contribution in [2.24, 2.45) is 17.4 Å². The first kappa shape index (κ1) is 40.0. The van der Waals surface area contributed by atoms with E-state index >= 15 is 0 Å². The quantitative estimate of drug-likeness (QED) is 0.0904. The monoisotopic (exact) mass is 691 g/mol. The lowest BCUT2D eigenvalue weighted by atomic mass is 10.0. The highest BCUT2D eigenvalue weighted by Crippen LogP contribution is 2.21. The summed E-state index contributed by atoms with van der Waals surface area (Å²) < 4.78 is 0. The Bertz CT molecular complexity index is 1280.